The number of amides is 4. The van der Waals surface area contributed by atoms with Crippen molar-refractivity contribution in [3.8, 4) is 0 Å². The van der Waals surface area contributed by atoms with Gasteiger partial charge in [0.15, 0.2) is 5.17 Å². The fourth-order valence-corrected chi connectivity index (χ4v) is 2.94. The van der Waals surface area contributed by atoms with Gasteiger partial charge in [-0.2, -0.15) is 4.99 Å². The van der Waals surface area contributed by atoms with Gasteiger partial charge in [-0.1, -0.05) is 44.9 Å². The van der Waals surface area contributed by atoms with Gasteiger partial charge in [0.05, 0.1) is 0 Å². The fourth-order valence-electron chi connectivity index (χ4n) is 2.11. The van der Waals surface area contributed by atoms with Crippen LogP contribution in [0.15, 0.2) is 4.99 Å². The van der Waals surface area contributed by atoms with Crippen LogP contribution in [0.3, 0.4) is 0 Å². The number of thioether (sulfide) groups is 1. The van der Waals surface area contributed by atoms with Crippen molar-refractivity contribution in [3.63, 3.8) is 0 Å². The molecule has 6 nitrogen and oxygen atoms in total. The summed E-state index contributed by atoms with van der Waals surface area (Å²) in [7, 11) is 3.28. The van der Waals surface area contributed by atoms with Crippen LogP contribution < -0.4 is 10.6 Å². The summed E-state index contributed by atoms with van der Waals surface area (Å²) in [5, 5.41) is 6.35. The third kappa shape index (κ3) is 7.15. The Morgan fingerprint density at radius 1 is 1.27 bits per heavy atom. The summed E-state index contributed by atoms with van der Waals surface area (Å²) < 4.78 is 0. The van der Waals surface area contributed by atoms with Crippen LogP contribution in [-0.4, -0.2) is 47.5 Å². The molecule has 1 saturated carbocycles. The minimum atomic E-state index is -0.372. The molecule has 1 aliphatic carbocycles. The summed E-state index contributed by atoms with van der Waals surface area (Å²) >= 11 is 1.41. The Balaban J connectivity index is 2.61. The van der Waals surface area contributed by atoms with Crippen LogP contribution in [0, 0.1) is 0 Å². The van der Waals surface area contributed by atoms with Gasteiger partial charge in [-0.3, -0.25) is 5.32 Å². The van der Waals surface area contributed by atoms with E-state index in [2.05, 4.69) is 22.5 Å². The van der Waals surface area contributed by atoms with Crippen molar-refractivity contribution in [2.45, 2.75) is 63.7 Å². The van der Waals surface area contributed by atoms with Crippen LogP contribution in [0.2, 0.25) is 0 Å². The molecule has 0 aromatic carbocycles. The zero-order valence-corrected chi connectivity index (χ0v) is 14.8. The first kappa shape index (κ1) is 18.8. The lowest BCUT2D eigenvalue weighted by Crippen LogP contribution is -2.45. The maximum Gasteiger partial charge on any atom is 0.345 e. The van der Waals surface area contributed by atoms with Crippen LogP contribution >= 0.6 is 11.8 Å². The van der Waals surface area contributed by atoms with Gasteiger partial charge in [-0.05, 0) is 19.3 Å². The maximum absolute atomic E-state index is 12.1. The van der Waals surface area contributed by atoms with E-state index in [1.165, 1.54) is 23.1 Å². The second-order valence-corrected chi connectivity index (χ2v) is 7.29. The summed E-state index contributed by atoms with van der Waals surface area (Å²) in [5.41, 5.74) is 0. The molecule has 0 heterocycles. The first-order valence-electron chi connectivity index (χ1n) is 7.96. The van der Waals surface area contributed by atoms with Crippen molar-refractivity contribution in [1.29, 1.82) is 0 Å². The molecule has 1 rings (SSSR count). The van der Waals surface area contributed by atoms with Crippen molar-refractivity contribution < 1.29 is 9.59 Å². The number of aliphatic imine (C=N–C) groups is 1. The van der Waals surface area contributed by atoms with E-state index in [0.717, 1.165) is 32.1 Å². The molecule has 0 aromatic rings. The second-order valence-electron chi connectivity index (χ2n) is 5.86. The molecule has 22 heavy (non-hydrogen) atoms. The van der Waals surface area contributed by atoms with Gasteiger partial charge in [-0.15, -0.1) is 0 Å². The van der Waals surface area contributed by atoms with E-state index in [0.29, 0.717) is 5.17 Å². The average Bonchev–Trinajstić information content (AvgIpc) is 2.47. The highest BCUT2D eigenvalue weighted by Crippen LogP contribution is 2.18. The molecule has 0 saturated heterocycles. The Labute approximate surface area is 137 Å². The molecule has 0 aliphatic heterocycles. The summed E-state index contributed by atoms with van der Waals surface area (Å²) in [4.78, 5) is 29.2. The molecule has 126 valence electrons. The van der Waals surface area contributed by atoms with Crippen LogP contribution in [0.5, 0.6) is 0 Å². The fraction of sp³-hybridized carbons (Fsp3) is 0.800. The second kappa shape index (κ2) is 9.71. The summed E-state index contributed by atoms with van der Waals surface area (Å²) in [6, 6.07) is -0.412. The van der Waals surface area contributed by atoms with Crippen LogP contribution in [0.1, 0.15) is 52.4 Å². The number of hydrogen-bond acceptors (Lipinski definition) is 3. The molecule has 0 bridgehead atoms. The predicted octanol–water partition coefficient (Wildman–Crippen LogP) is 3.19. The van der Waals surface area contributed by atoms with Gasteiger partial charge in [0.1, 0.15) is 0 Å². The Morgan fingerprint density at radius 2 is 1.91 bits per heavy atom. The molecule has 1 atom stereocenters. The lowest BCUT2D eigenvalue weighted by Gasteiger charge is -2.23. The highest BCUT2D eigenvalue weighted by atomic mass is 32.2. The molecule has 0 radical (unpaired) electrons. The van der Waals surface area contributed by atoms with Crippen molar-refractivity contribution in [2.24, 2.45) is 4.99 Å². The van der Waals surface area contributed by atoms with Gasteiger partial charge in [0, 0.05) is 25.4 Å². The minimum absolute atomic E-state index is 0.230. The SMILES string of the molecule is CCC(C)SC(=NC(=O)N(C)C)NC(=O)NC1CCCCC1. The zero-order valence-electron chi connectivity index (χ0n) is 14.0. The van der Waals surface area contributed by atoms with Crippen LogP contribution in [0.4, 0.5) is 9.59 Å². The summed E-state index contributed by atoms with van der Waals surface area (Å²) in [6.45, 7) is 4.10. The van der Waals surface area contributed by atoms with Crippen LogP contribution in [-0.2, 0) is 0 Å². The van der Waals surface area contributed by atoms with Crippen molar-refractivity contribution in [2.75, 3.05) is 14.1 Å². The van der Waals surface area contributed by atoms with Crippen molar-refractivity contribution in [3.05, 3.63) is 0 Å². The van der Waals surface area contributed by atoms with Crippen molar-refractivity contribution in [1.82, 2.24) is 15.5 Å². The molecule has 1 fully saturated rings. The highest BCUT2D eigenvalue weighted by molar-refractivity contribution is 8.14. The molecule has 2 N–H and O–H groups in total. The minimum Gasteiger partial charge on any atom is -0.335 e. The maximum atomic E-state index is 12.1. The van der Waals surface area contributed by atoms with E-state index in [9.17, 15) is 9.59 Å². The Hall–Kier alpha value is -1.24. The third-order valence-corrected chi connectivity index (χ3v) is 4.78. The number of nitrogens with zero attached hydrogens (tertiary/aromatic N) is 2. The summed E-state index contributed by atoms with van der Waals surface area (Å²) in [5.74, 6) is 0. The summed E-state index contributed by atoms with van der Waals surface area (Å²) in [6.07, 6.45) is 6.54. The van der Waals surface area contributed by atoms with E-state index >= 15 is 0 Å². The van der Waals surface area contributed by atoms with Gasteiger partial charge in [0.25, 0.3) is 0 Å². The lowest BCUT2D eigenvalue weighted by molar-refractivity contribution is 0.227. The number of carbonyl (C=O) groups is 2. The molecule has 1 aliphatic rings. The van der Waals surface area contributed by atoms with E-state index in [1.807, 2.05) is 6.92 Å². The first-order valence-corrected chi connectivity index (χ1v) is 8.84. The Kier molecular flexibility index (Phi) is 8.30. The Bertz CT molecular complexity index is 406. The first-order chi connectivity index (χ1) is 10.4. The molecule has 0 spiro atoms. The number of rotatable bonds is 3. The standard InChI is InChI=1S/C15H28N4O2S/c1-5-11(2)22-14(18-15(21)19(3)4)17-13(20)16-12-9-7-6-8-10-12/h11-12H,5-10H2,1-4H3,(H2,16,17,18,20,21). The van der Waals surface area contributed by atoms with Gasteiger partial charge in [-0.25, -0.2) is 9.59 Å². The molecule has 0 aromatic heterocycles. The highest BCUT2D eigenvalue weighted by Gasteiger charge is 2.18. The number of amidine groups is 1. The van der Waals surface area contributed by atoms with Gasteiger partial charge in [0.2, 0.25) is 0 Å². The van der Waals surface area contributed by atoms with Gasteiger partial charge >= 0.3 is 12.1 Å². The van der Waals surface area contributed by atoms with E-state index in [1.54, 1.807) is 14.1 Å². The molecular weight excluding hydrogens is 300 g/mol. The van der Waals surface area contributed by atoms with Crippen LogP contribution in [0.25, 0.3) is 0 Å². The molecule has 1 unspecified atom stereocenters. The number of carbonyl (C=O) groups excluding carboxylic acids is 2. The predicted molar refractivity (Wildman–Crippen MR) is 92.4 cm³/mol. The number of urea groups is 2. The number of nitrogens with one attached hydrogen (secondary N) is 2. The third-order valence-electron chi connectivity index (χ3n) is 3.63. The average molecular weight is 328 g/mol. The molecule has 4 amide bonds. The zero-order chi connectivity index (χ0) is 16.5. The van der Waals surface area contributed by atoms with E-state index in [-0.39, 0.29) is 23.4 Å². The van der Waals surface area contributed by atoms with E-state index in [4.69, 9.17) is 0 Å². The largest absolute Gasteiger partial charge is 0.345 e. The monoisotopic (exact) mass is 328 g/mol. The molecular formula is C15H28N4O2S. The molecule has 7 heteroatoms. The topological polar surface area (TPSA) is 73.8 Å². The Morgan fingerprint density at radius 3 is 2.45 bits per heavy atom. The normalized spacial score (nSPS) is 17.7. The quantitative estimate of drug-likeness (QED) is 0.617. The van der Waals surface area contributed by atoms with Crippen molar-refractivity contribution >= 4 is 29.0 Å². The smallest absolute Gasteiger partial charge is 0.335 e. The number of hydrogen-bond donors (Lipinski definition) is 2. The van der Waals surface area contributed by atoms with E-state index < -0.39 is 0 Å². The lowest BCUT2D eigenvalue weighted by atomic mass is 9.96. The van der Waals surface area contributed by atoms with Gasteiger partial charge < -0.3 is 10.2 Å².